The minimum Gasteiger partial charge on any atom is -1.00 e. The van der Waals surface area contributed by atoms with Crippen LogP contribution in [0.5, 0.6) is 0 Å². The highest BCUT2D eigenvalue weighted by Gasteiger charge is 1.97. The third kappa shape index (κ3) is 15.6. The molecular weight excluding hydrogens is 375 g/mol. The fourth-order valence-electron chi connectivity index (χ4n) is 2.68. The van der Waals surface area contributed by atoms with Gasteiger partial charge in [0.25, 0.3) is 0 Å². The Labute approximate surface area is 179 Å². The third-order valence-electron chi connectivity index (χ3n) is 4.37. The highest BCUT2D eigenvalue weighted by molar-refractivity contribution is 5.03. The summed E-state index contributed by atoms with van der Waals surface area (Å²) in [7, 11) is 0. The molecule has 0 bridgehead atoms. The van der Waals surface area contributed by atoms with Crippen LogP contribution in [0.3, 0.4) is 0 Å². The Balaban J connectivity index is 0. The summed E-state index contributed by atoms with van der Waals surface area (Å²) >= 11 is 0. The molecule has 0 fully saturated rings. The molecule has 2 rings (SSSR count). The molecule has 0 aromatic carbocycles. The molecule has 154 valence electrons. The molecule has 0 aliphatic rings. The zero-order chi connectivity index (χ0) is 18.2. The molecule has 27 heavy (non-hydrogen) atoms. The van der Waals surface area contributed by atoms with Crippen LogP contribution in [0.1, 0.15) is 70.8 Å². The van der Waals surface area contributed by atoms with Crippen molar-refractivity contribution < 1.29 is 33.9 Å². The molecule has 0 spiro atoms. The number of nitrogens with zero attached hydrogens (tertiary/aromatic N) is 2. The second-order valence-electron chi connectivity index (χ2n) is 6.85. The van der Waals surface area contributed by atoms with Crippen molar-refractivity contribution in [1.29, 1.82) is 0 Å². The van der Waals surface area contributed by atoms with Crippen LogP contribution in [-0.4, -0.2) is 0 Å². The van der Waals surface area contributed by atoms with Crippen LogP contribution < -0.4 is 33.9 Å². The first kappa shape index (κ1) is 28.1. The maximum absolute atomic E-state index is 2.26. The first-order valence-electron chi connectivity index (χ1n) is 10.2. The van der Waals surface area contributed by atoms with Gasteiger partial charge in [-0.15, -0.1) is 0 Å². The third-order valence-corrected chi connectivity index (χ3v) is 4.37. The van der Waals surface area contributed by atoms with Gasteiger partial charge < -0.3 is 24.8 Å². The molecule has 2 aromatic heterocycles. The number of rotatable bonds is 10. The van der Waals surface area contributed by atoms with E-state index in [4.69, 9.17) is 0 Å². The zero-order valence-corrected chi connectivity index (χ0v) is 18.9. The Bertz CT molecular complexity index is 530. The molecule has 0 aliphatic heterocycles. The van der Waals surface area contributed by atoms with Gasteiger partial charge >= 0.3 is 0 Å². The molecule has 0 amide bonds. The molecule has 2 aromatic rings. The van der Waals surface area contributed by atoms with Gasteiger partial charge in [0.05, 0.1) is 0 Å². The fraction of sp³-hybridized carbons (Fsp3) is 0.565. The van der Waals surface area contributed by atoms with Crippen molar-refractivity contribution in [2.24, 2.45) is 0 Å². The van der Waals surface area contributed by atoms with E-state index in [0.717, 1.165) is 6.54 Å². The van der Waals surface area contributed by atoms with Crippen molar-refractivity contribution >= 4 is 0 Å². The first-order chi connectivity index (χ1) is 12.3. The summed E-state index contributed by atoms with van der Waals surface area (Å²) in [5, 5.41) is 0. The molecule has 0 aliphatic carbocycles. The monoisotopic (exact) mass is 412 g/mol. The summed E-state index contributed by atoms with van der Waals surface area (Å²) < 4.78 is 4.50. The fourth-order valence-corrected chi connectivity index (χ4v) is 2.68. The smallest absolute Gasteiger partial charge is 0.169 e. The van der Waals surface area contributed by atoms with E-state index in [1.54, 1.807) is 0 Å². The summed E-state index contributed by atoms with van der Waals surface area (Å²) in [5.41, 5.74) is 1.33. The van der Waals surface area contributed by atoms with E-state index in [2.05, 4.69) is 85.0 Å². The van der Waals surface area contributed by atoms with Gasteiger partial charge in [-0.25, -0.2) is 9.13 Å². The summed E-state index contributed by atoms with van der Waals surface area (Å²) in [6.45, 7) is 8.92. The van der Waals surface area contributed by atoms with Gasteiger partial charge in [-0.3, -0.25) is 0 Å². The van der Waals surface area contributed by atoms with Crippen LogP contribution in [0.4, 0.5) is 0 Å². The topological polar surface area (TPSA) is 7.76 Å². The van der Waals surface area contributed by atoms with Gasteiger partial charge in [0.1, 0.15) is 13.1 Å². The van der Waals surface area contributed by atoms with Crippen molar-refractivity contribution in [3.8, 4) is 0 Å². The van der Waals surface area contributed by atoms with E-state index in [-0.39, 0.29) is 24.8 Å². The van der Waals surface area contributed by atoms with Crippen LogP contribution in [0.25, 0.3) is 0 Å². The van der Waals surface area contributed by atoms with Gasteiger partial charge in [0.2, 0.25) is 0 Å². The van der Waals surface area contributed by atoms with E-state index in [1.807, 2.05) is 0 Å². The van der Waals surface area contributed by atoms with Crippen molar-refractivity contribution in [2.75, 3.05) is 0 Å². The predicted molar refractivity (Wildman–Crippen MR) is 106 cm³/mol. The maximum Gasteiger partial charge on any atom is 0.169 e. The lowest BCUT2D eigenvalue weighted by Crippen LogP contribution is -3.00. The van der Waals surface area contributed by atoms with Gasteiger partial charge in [-0.1, -0.05) is 52.0 Å². The average Bonchev–Trinajstić information content (AvgIpc) is 2.65. The molecule has 2 heterocycles. The Hall–Kier alpha value is -1.12. The Morgan fingerprint density at radius 1 is 0.593 bits per heavy atom. The lowest BCUT2D eigenvalue weighted by atomic mass is 10.1. The molecule has 0 N–H and O–H groups in total. The Kier molecular flexibility index (Phi) is 20.4. The van der Waals surface area contributed by atoms with E-state index in [9.17, 15) is 0 Å². The molecule has 2 nitrogen and oxygen atoms in total. The van der Waals surface area contributed by atoms with Gasteiger partial charge in [-0.2, -0.15) is 0 Å². The SMILES string of the molecule is CCCCCCCC[n+]1ccccc1.CCCC[n+]1ccc(C)cc1.[Cl-].[Cl-]. The van der Waals surface area contributed by atoms with Crippen LogP contribution in [0.15, 0.2) is 55.1 Å². The maximum atomic E-state index is 2.26. The summed E-state index contributed by atoms with van der Waals surface area (Å²) in [6, 6.07) is 10.6. The van der Waals surface area contributed by atoms with Crippen LogP contribution in [-0.2, 0) is 13.1 Å². The number of aryl methyl sites for hydroxylation is 3. The number of hydrogen-bond acceptors (Lipinski definition) is 0. The second kappa shape index (κ2) is 19.6. The van der Waals surface area contributed by atoms with E-state index in [0.29, 0.717) is 0 Å². The molecule has 0 saturated carbocycles. The summed E-state index contributed by atoms with van der Waals surface area (Å²) in [5.74, 6) is 0. The van der Waals surface area contributed by atoms with Crippen LogP contribution in [0.2, 0.25) is 0 Å². The van der Waals surface area contributed by atoms with Crippen molar-refractivity contribution in [3.63, 3.8) is 0 Å². The first-order valence-corrected chi connectivity index (χ1v) is 10.2. The quantitative estimate of drug-likeness (QED) is 0.364. The number of unbranched alkanes of at least 4 members (excludes halogenated alkanes) is 6. The molecule has 0 saturated heterocycles. The van der Waals surface area contributed by atoms with Gasteiger partial charge in [-0.05, 0) is 18.9 Å². The van der Waals surface area contributed by atoms with Crippen LogP contribution in [0, 0.1) is 6.92 Å². The molecule has 0 unspecified atom stereocenters. The van der Waals surface area contributed by atoms with Crippen molar-refractivity contribution in [2.45, 2.75) is 85.2 Å². The minimum atomic E-state index is 0. The lowest BCUT2D eigenvalue weighted by Gasteiger charge is -1.98. The normalized spacial score (nSPS) is 9.44. The van der Waals surface area contributed by atoms with Gasteiger partial charge in [0, 0.05) is 37.1 Å². The zero-order valence-electron chi connectivity index (χ0n) is 17.4. The number of aromatic nitrogens is 2. The van der Waals surface area contributed by atoms with E-state index >= 15 is 0 Å². The Morgan fingerprint density at radius 3 is 1.67 bits per heavy atom. The lowest BCUT2D eigenvalue weighted by molar-refractivity contribution is -0.697. The number of halogens is 2. The van der Waals surface area contributed by atoms with Crippen LogP contribution >= 0.6 is 0 Å². The van der Waals surface area contributed by atoms with Gasteiger partial charge in [0.15, 0.2) is 24.8 Å². The highest BCUT2D eigenvalue weighted by atomic mass is 35.5. The molecular formula is C23H38Cl2N2. The second-order valence-corrected chi connectivity index (χ2v) is 6.85. The minimum absolute atomic E-state index is 0. The highest BCUT2D eigenvalue weighted by Crippen LogP contribution is 2.04. The summed E-state index contributed by atoms with van der Waals surface area (Å²) in [6.07, 6.45) is 19.4. The van der Waals surface area contributed by atoms with E-state index in [1.165, 1.54) is 63.5 Å². The van der Waals surface area contributed by atoms with Crippen molar-refractivity contribution in [1.82, 2.24) is 0 Å². The Morgan fingerprint density at radius 2 is 1.07 bits per heavy atom. The standard InChI is InChI=1S/C13H22N.C10H16N.2ClH/c1-2-3-4-5-6-8-11-14-12-9-7-10-13-14;1-3-4-7-11-8-5-10(2)6-9-11;;/h7,9-10,12-13H,2-6,8,11H2,1H3;5-6,8-9H,3-4,7H2,1-2H3;2*1H/q2*+1;;/p-2. The number of hydrogen-bond donors (Lipinski definition) is 0. The average molecular weight is 413 g/mol. The number of pyridine rings is 2. The molecule has 4 heteroatoms. The van der Waals surface area contributed by atoms with Crippen molar-refractivity contribution in [3.05, 3.63) is 60.7 Å². The predicted octanol–water partition coefficient (Wildman–Crippen LogP) is -0.575. The summed E-state index contributed by atoms with van der Waals surface area (Å²) in [4.78, 5) is 0. The molecule has 0 radical (unpaired) electrons. The molecule has 0 atom stereocenters. The largest absolute Gasteiger partial charge is 1.00 e. The van der Waals surface area contributed by atoms with E-state index < -0.39 is 0 Å².